The SMILES string of the molecule is CN1C(=O)N(C2CCC(=O)NC2=O)C2=CC=CC3(C4CCN(CC5CCC(N=Cc6cc(NC(=O)c7cccc(C(F)(F)F)n7)c(C#N)cc6N)CC5)CC4)CC213.F.[HH].[HH]. The Morgan fingerprint density at radius 1 is 1.14 bits per heavy atom. The van der Waals surface area contributed by atoms with Gasteiger partial charge in [-0.2, -0.15) is 18.4 Å². The summed E-state index contributed by atoms with van der Waals surface area (Å²) in [5.74, 6) is -0.665. The number of nitriles is 1. The number of hydrogen-bond donors (Lipinski definition) is 3. The van der Waals surface area contributed by atoms with Gasteiger partial charge in [0, 0.05) is 51.8 Å². The lowest BCUT2D eigenvalue weighted by atomic mass is 9.75. The Morgan fingerprint density at radius 2 is 1.88 bits per heavy atom. The van der Waals surface area contributed by atoms with Crippen molar-refractivity contribution in [2.24, 2.45) is 22.2 Å². The Hall–Kier alpha value is -5.63. The molecule has 3 aliphatic carbocycles. The van der Waals surface area contributed by atoms with Crippen LogP contribution in [0.1, 0.15) is 87.9 Å². The van der Waals surface area contributed by atoms with Gasteiger partial charge >= 0.3 is 12.2 Å². The number of rotatable bonds is 8. The number of piperidine rings is 2. The predicted molar refractivity (Wildman–Crippen MR) is 210 cm³/mol. The normalized spacial score (nSPS) is 28.6. The van der Waals surface area contributed by atoms with Crippen molar-refractivity contribution in [2.45, 2.75) is 81.6 Å². The molecule has 8 rings (SSSR count). The van der Waals surface area contributed by atoms with Gasteiger partial charge in [0.25, 0.3) is 5.91 Å². The molecule has 0 bridgehead atoms. The monoisotopic (exact) mass is 807 g/mol. The third kappa shape index (κ3) is 7.01. The number of aliphatic imine (C=N–C) groups is 1. The Kier molecular flexibility index (Phi) is 10.7. The van der Waals surface area contributed by atoms with Gasteiger partial charge in [0.05, 0.1) is 22.5 Å². The first-order chi connectivity index (χ1) is 27.2. The van der Waals surface area contributed by atoms with E-state index >= 15 is 0 Å². The summed E-state index contributed by atoms with van der Waals surface area (Å²) in [7, 11) is 1.85. The molecule has 3 atom stereocenters. The Labute approximate surface area is 335 Å². The number of likely N-dealkylation sites (N-methyl/N-ethyl adjacent to an activating group) is 1. The molecule has 58 heavy (non-hydrogen) atoms. The summed E-state index contributed by atoms with van der Waals surface area (Å²) >= 11 is 0. The lowest BCUT2D eigenvalue weighted by Crippen LogP contribution is -2.53. The van der Waals surface area contributed by atoms with E-state index in [1.165, 1.54) is 12.1 Å². The van der Waals surface area contributed by atoms with Crippen LogP contribution in [0.5, 0.6) is 0 Å². The maximum absolute atomic E-state index is 13.7. The van der Waals surface area contributed by atoms with Crippen molar-refractivity contribution in [3.05, 3.63) is 76.8 Å². The topological polar surface area (TPSA) is 177 Å². The molecule has 17 heteroatoms. The fourth-order valence-electron chi connectivity index (χ4n) is 10.0. The number of pyridine rings is 1. The quantitative estimate of drug-likeness (QED) is 0.128. The molecule has 5 amide bonds. The van der Waals surface area contributed by atoms with E-state index in [-0.39, 0.29) is 54.3 Å². The molecule has 1 aromatic heterocycles. The molecule has 1 spiro atoms. The summed E-state index contributed by atoms with van der Waals surface area (Å²) in [6, 6.07) is 7.12. The highest BCUT2D eigenvalue weighted by Crippen LogP contribution is 2.73. The van der Waals surface area contributed by atoms with E-state index in [1.54, 1.807) is 11.1 Å². The van der Waals surface area contributed by atoms with Crippen molar-refractivity contribution >= 4 is 41.3 Å². The molecule has 4 N–H and O–H groups in total. The first-order valence-corrected chi connectivity index (χ1v) is 19.5. The van der Waals surface area contributed by atoms with Gasteiger partial charge < -0.3 is 20.9 Å². The number of nitrogens with zero attached hydrogens (tertiary/aromatic N) is 6. The van der Waals surface area contributed by atoms with Gasteiger partial charge in [0.1, 0.15) is 23.5 Å². The largest absolute Gasteiger partial charge is 0.433 e. The van der Waals surface area contributed by atoms with Crippen molar-refractivity contribution in [1.29, 1.82) is 5.26 Å². The van der Waals surface area contributed by atoms with Crippen LogP contribution in [0.4, 0.5) is 34.0 Å². The summed E-state index contributed by atoms with van der Waals surface area (Å²) in [5.41, 5.74) is 5.77. The number of alkyl halides is 3. The molecule has 3 saturated heterocycles. The number of imide groups is 1. The molecule has 2 saturated carbocycles. The molecule has 6 aliphatic rings. The van der Waals surface area contributed by atoms with E-state index < -0.39 is 41.0 Å². The third-order valence-electron chi connectivity index (χ3n) is 13.0. The van der Waals surface area contributed by atoms with Crippen LogP contribution in [0.2, 0.25) is 0 Å². The number of nitrogen functional groups attached to an aromatic ring is 1. The highest BCUT2D eigenvalue weighted by atomic mass is 19.4. The van der Waals surface area contributed by atoms with E-state index in [4.69, 9.17) is 10.7 Å². The van der Waals surface area contributed by atoms with Gasteiger partial charge in [0.2, 0.25) is 11.8 Å². The molecule has 310 valence electrons. The molecular formula is C41H49F4N9O4. The van der Waals surface area contributed by atoms with Crippen LogP contribution >= 0.6 is 0 Å². The van der Waals surface area contributed by atoms with Crippen LogP contribution in [-0.2, 0) is 15.8 Å². The molecule has 1 aromatic carbocycles. The minimum absolute atomic E-state index is 0. The standard InChI is InChI=1S/C41H44F3N9O4.FH.2H2/c1-51-38(57)53(32-11-12-35(54)50-37(32)56)34-6-3-15-39(23-40(34,39)51)27-13-16-52(17-14-27)22-24-7-9-28(10-8-24)47-21-26-19-31(25(20-45)18-29(26)46)49-36(55)30-4-2-5-33(48-30)41(42,43)44;;;/h2-6,15,18-19,21,24,27-28,32H,7-14,16-17,22-23,46H2,1H3,(H,49,55)(H,50,54,56);3*1H. The first-order valence-electron chi connectivity index (χ1n) is 19.5. The van der Waals surface area contributed by atoms with Crippen LogP contribution in [-0.4, -0.2) is 94.0 Å². The fraction of sp³-hybridized carbons (Fsp3) is 0.488. The van der Waals surface area contributed by atoms with E-state index in [1.807, 2.05) is 30.2 Å². The van der Waals surface area contributed by atoms with Gasteiger partial charge in [-0.1, -0.05) is 18.2 Å². The number of carbonyl (C=O) groups excluding carboxylic acids is 4. The van der Waals surface area contributed by atoms with Crippen molar-refractivity contribution in [1.82, 2.24) is 25.0 Å². The van der Waals surface area contributed by atoms with Gasteiger partial charge in [-0.15, -0.1) is 0 Å². The zero-order chi connectivity index (χ0) is 40.3. The minimum atomic E-state index is -4.71. The number of nitrogens with two attached hydrogens (primary N) is 1. The van der Waals surface area contributed by atoms with Crippen LogP contribution in [0, 0.1) is 28.6 Å². The van der Waals surface area contributed by atoms with Crippen LogP contribution < -0.4 is 16.4 Å². The summed E-state index contributed by atoms with van der Waals surface area (Å²) in [5, 5.41) is 14.6. The maximum atomic E-state index is 13.7. The number of nitrogens with one attached hydrogen (secondary N) is 2. The number of amides is 5. The summed E-state index contributed by atoms with van der Waals surface area (Å²) < 4.78 is 39.4. The third-order valence-corrected chi connectivity index (χ3v) is 13.0. The van der Waals surface area contributed by atoms with E-state index in [9.17, 15) is 37.6 Å². The summed E-state index contributed by atoms with van der Waals surface area (Å²) in [6.07, 6.45) is 10.5. The van der Waals surface area contributed by atoms with E-state index in [0.29, 0.717) is 23.8 Å². The number of aromatic nitrogens is 1. The fourth-order valence-corrected chi connectivity index (χ4v) is 10.0. The van der Waals surface area contributed by atoms with Gasteiger partial charge in [-0.3, -0.25) is 34.3 Å². The average Bonchev–Trinajstić information content (AvgIpc) is 3.86. The van der Waals surface area contributed by atoms with Crippen LogP contribution in [0.15, 0.2) is 59.2 Å². The highest BCUT2D eigenvalue weighted by Gasteiger charge is 2.78. The average molecular weight is 808 g/mol. The molecular weight excluding hydrogens is 759 g/mol. The Morgan fingerprint density at radius 3 is 2.57 bits per heavy atom. The molecule has 4 heterocycles. The van der Waals surface area contributed by atoms with Crippen LogP contribution in [0.25, 0.3) is 0 Å². The number of carbonyl (C=O) groups is 4. The van der Waals surface area contributed by atoms with Crippen molar-refractivity contribution < 1.29 is 39.9 Å². The predicted octanol–water partition coefficient (Wildman–Crippen LogP) is 5.90. The number of likely N-dealkylation sites (tertiary alicyclic amines) is 1. The van der Waals surface area contributed by atoms with Gasteiger partial charge in [-0.05, 0) is 107 Å². The molecule has 0 radical (unpaired) electrons. The second kappa shape index (κ2) is 15.3. The number of benzene rings is 1. The second-order valence-corrected chi connectivity index (χ2v) is 16.2. The summed E-state index contributed by atoms with van der Waals surface area (Å²) in [4.78, 5) is 65.4. The first kappa shape index (κ1) is 40.6. The molecule has 5 fully saturated rings. The number of anilines is 2. The maximum Gasteiger partial charge on any atom is 0.433 e. The molecule has 2 aromatic rings. The van der Waals surface area contributed by atoms with Crippen LogP contribution in [0.3, 0.4) is 0 Å². The minimum Gasteiger partial charge on any atom is -0.398 e. The Bertz CT molecular complexity index is 2160. The van der Waals surface area contributed by atoms with Gasteiger partial charge in [-0.25, -0.2) is 9.78 Å². The number of halogens is 4. The van der Waals surface area contributed by atoms with E-state index in [0.717, 1.165) is 88.5 Å². The molecule has 3 aliphatic heterocycles. The summed E-state index contributed by atoms with van der Waals surface area (Å²) in [6.45, 7) is 2.96. The van der Waals surface area contributed by atoms with Crippen molar-refractivity contribution in [3.63, 3.8) is 0 Å². The smallest absolute Gasteiger partial charge is 0.398 e. The number of allylic oxidation sites excluding steroid dienone is 2. The van der Waals surface area contributed by atoms with Crippen molar-refractivity contribution in [2.75, 3.05) is 37.7 Å². The Balaban J connectivity index is 0.00000228. The highest BCUT2D eigenvalue weighted by molar-refractivity contribution is 6.05. The van der Waals surface area contributed by atoms with E-state index in [2.05, 4.69) is 26.6 Å². The zero-order valence-electron chi connectivity index (χ0n) is 31.9. The number of urea groups is 1. The molecule has 3 unspecified atom stereocenters. The number of hydrogen-bond acceptors (Lipinski definition) is 9. The van der Waals surface area contributed by atoms with Crippen molar-refractivity contribution in [3.8, 4) is 6.07 Å². The lowest BCUT2D eigenvalue weighted by Gasteiger charge is -2.41. The second-order valence-electron chi connectivity index (χ2n) is 16.2. The lowest BCUT2D eigenvalue weighted by molar-refractivity contribution is -0.141. The van der Waals surface area contributed by atoms with Gasteiger partial charge in [0.15, 0.2) is 0 Å². The molecule has 13 nitrogen and oxygen atoms in total. The zero-order valence-corrected chi connectivity index (χ0v) is 31.9.